The summed E-state index contributed by atoms with van der Waals surface area (Å²) < 4.78 is 36.8. The number of hydrogen-bond donors (Lipinski definition) is 1. The third-order valence-corrected chi connectivity index (χ3v) is 5.16. The van der Waals surface area contributed by atoms with Crippen LogP contribution in [-0.2, 0) is 0 Å². The van der Waals surface area contributed by atoms with Crippen molar-refractivity contribution in [1.82, 2.24) is 4.48 Å². The molecule has 0 aliphatic carbocycles. The smallest absolute Gasteiger partial charge is 0.387 e. The molecule has 1 unspecified atom stereocenters. The van der Waals surface area contributed by atoms with Gasteiger partial charge in [0.25, 0.3) is 5.11 Å². The molecule has 0 bridgehead atoms. The van der Waals surface area contributed by atoms with Crippen LogP contribution in [0.15, 0.2) is 49.1 Å². The van der Waals surface area contributed by atoms with E-state index in [0.29, 0.717) is 22.8 Å². The van der Waals surface area contributed by atoms with Crippen molar-refractivity contribution in [3.63, 3.8) is 0 Å². The van der Waals surface area contributed by atoms with Crippen molar-refractivity contribution in [2.45, 2.75) is 19.1 Å². The molecule has 142 valence electrons. The molecule has 2 N–H and O–H groups in total. The summed E-state index contributed by atoms with van der Waals surface area (Å²) >= 11 is 5.18. The molecule has 4 nitrogen and oxygen atoms in total. The lowest BCUT2D eigenvalue weighted by molar-refractivity contribution is -0.0496. The van der Waals surface area contributed by atoms with Crippen molar-refractivity contribution in [1.29, 1.82) is 0 Å². The van der Waals surface area contributed by atoms with Crippen molar-refractivity contribution < 1.29 is 18.3 Å². The van der Waals surface area contributed by atoms with Crippen LogP contribution in [0.25, 0.3) is 11.1 Å². The van der Waals surface area contributed by atoms with Crippen LogP contribution in [-0.4, -0.2) is 25.8 Å². The summed E-state index contributed by atoms with van der Waals surface area (Å²) in [5.74, 6) is 0.583. The Morgan fingerprint density at radius 3 is 2.74 bits per heavy atom. The van der Waals surface area contributed by atoms with E-state index in [1.165, 1.54) is 6.07 Å². The quantitative estimate of drug-likeness (QED) is 0.453. The highest BCUT2D eigenvalue weighted by Gasteiger charge is 2.32. The Morgan fingerprint density at radius 1 is 1.37 bits per heavy atom. The second-order valence-corrected chi connectivity index (χ2v) is 7.12. The third kappa shape index (κ3) is 3.52. The van der Waals surface area contributed by atoms with Gasteiger partial charge < -0.3 is 15.2 Å². The van der Waals surface area contributed by atoms with Gasteiger partial charge in [-0.05, 0) is 23.8 Å². The zero-order chi connectivity index (χ0) is 19.8. The van der Waals surface area contributed by atoms with E-state index in [-0.39, 0.29) is 16.3 Å². The van der Waals surface area contributed by atoms with Crippen molar-refractivity contribution in [3.05, 3.63) is 54.6 Å². The average Bonchev–Trinajstić information content (AvgIpc) is 2.61. The SMILES string of the molecule is C=CCC1Oc2cccc(OC(F)F)c2-c2ccc([N+](C)(C)C(N)=S)cc21. The molecule has 2 aromatic rings. The van der Waals surface area contributed by atoms with Crippen molar-refractivity contribution in [2.24, 2.45) is 5.73 Å². The molecule has 1 aliphatic heterocycles. The lowest BCUT2D eigenvalue weighted by Crippen LogP contribution is -2.50. The van der Waals surface area contributed by atoms with Crippen LogP contribution >= 0.6 is 12.2 Å². The fraction of sp³-hybridized carbons (Fsp3) is 0.250. The van der Waals surface area contributed by atoms with Gasteiger partial charge in [0, 0.05) is 36.3 Å². The summed E-state index contributed by atoms with van der Waals surface area (Å²) in [6, 6.07) is 10.6. The standard InChI is InChI=1S/C20H20F2N2O2S/c1-4-6-15-14-11-12(24(2,3)20(23)27)9-10-13(14)18-16(25-15)7-5-8-17(18)26-19(21)22/h4-5,7-11,15,19H,1,6H2,2-3H3,(H-,23,27)/p+1. The second kappa shape index (κ2) is 7.25. The molecule has 1 atom stereocenters. The van der Waals surface area contributed by atoms with Gasteiger partial charge in [0.15, 0.2) is 0 Å². The highest BCUT2D eigenvalue weighted by Crippen LogP contribution is 2.49. The molecular weight excluding hydrogens is 370 g/mol. The molecule has 27 heavy (non-hydrogen) atoms. The number of nitrogens with two attached hydrogens (primary N) is 1. The molecule has 1 aliphatic rings. The molecule has 0 radical (unpaired) electrons. The first kappa shape index (κ1) is 19.3. The number of hydrogen-bond acceptors (Lipinski definition) is 3. The summed E-state index contributed by atoms with van der Waals surface area (Å²) in [5, 5.41) is 0.314. The summed E-state index contributed by atoms with van der Waals surface area (Å²) in [5.41, 5.74) is 8.90. The van der Waals surface area contributed by atoms with Gasteiger partial charge in [-0.2, -0.15) is 8.78 Å². The van der Waals surface area contributed by atoms with Crippen LogP contribution in [0.3, 0.4) is 0 Å². The van der Waals surface area contributed by atoms with Crippen molar-refractivity contribution in [3.8, 4) is 22.6 Å². The normalized spacial score (nSPS) is 15.5. The molecule has 0 saturated carbocycles. The number of ether oxygens (including phenoxy) is 2. The number of fused-ring (bicyclic) bond motifs is 3. The zero-order valence-electron chi connectivity index (χ0n) is 15.1. The van der Waals surface area contributed by atoms with E-state index in [1.807, 2.05) is 32.3 Å². The van der Waals surface area contributed by atoms with Crippen LogP contribution < -0.4 is 19.7 Å². The molecule has 1 heterocycles. The number of halogens is 2. The Hall–Kier alpha value is -2.51. The van der Waals surface area contributed by atoms with Gasteiger partial charge >= 0.3 is 6.61 Å². The number of thiocarbonyl (C=S) groups is 1. The number of quaternary nitrogens is 1. The minimum atomic E-state index is -2.92. The van der Waals surface area contributed by atoms with E-state index < -0.39 is 6.61 Å². The number of nitrogens with zero attached hydrogens (tertiary/aromatic N) is 1. The molecule has 0 saturated heterocycles. The first-order chi connectivity index (χ1) is 12.8. The Bertz CT molecular complexity index is 900. The average molecular weight is 391 g/mol. The number of benzene rings is 2. The summed E-state index contributed by atoms with van der Waals surface area (Å²) in [7, 11) is 3.77. The van der Waals surface area contributed by atoms with Crippen LogP contribution in [0, 0.1) is 0 Å². The Morgan fingerprint density at radius 2 is 2.11 bits per heavy atom. The van der Waals surface area contributed by atoms with Crippen molar-refractivity contribution >= 4 is 23.0 Å². The molecule has 3 rings (SSSR count). The molecule has 2 aromatic carbocycles. The number of rotatable bonds is 5. The van der Waals surface area contributed by atoms with E-state index in [0.717, 1.165) is 16.8 Å². The van der Waals surface area contributed by atoms with E-state index >= 15 is 0 Å². The predicted octanol–water partition coefficient (Wildman–Crippen LogP) is 4.78. The Balaban J connectivity index is 2.20. The maximum Gasteiger partial charge on any atom is 0.387 e. The lowest BCUT2D eigenvalue weighted by Gasteiger charge is -2.32. The van der Waals surface area contributed by atoms with Crippen LogP contribution in [0.4, 0.5) is 14.5 Å². The van der Waals surface area contributed by atoms with Gasteiger partial charge in [0.2, 0.25) is 0 Å². The first-order valence-corrected chi connectivity index (χ1v) is 8.80. The predicted molar refractivity (Wildman–Crippen MR) is 107 cm³/mol. The molecule has 7 heteroatoms. The van der Waals surface area contributed by atoms with E-state index in [1.54, 1.807) is 18.2 Å². The zero-order valence-corrected chi connectivity index (χ0v) is 15.9. The minimum Gasteiger partial charge on any atom is -0.485 e. The fourth-order valence-corrected chi connectivity index (χ4v) is 3.24. The topological polar surface area (TPSA) is 44.5 Å². The maximum absolute atomic E-state index is 12.9. The van der Waals surface area contributed by atoms with E-state index in [9.17, 15) is 8.78 Å². The Kier molecular flexibility index (Phi) is 5.17. The molecule has 0 spiro atoms. The van der Waals surface area contributed by atoms with Gasteiger partial charge in [0.05, 0.1) is 19.7 Å². The molecular formula is C20H21F2N2O2S+. The lowest BCUT2D eigenvalue weighted by atomic mass is 9.90. The highest BCUT2D eigenvalue weighted by molar-refractivity contribution is 7.80. The number of alkyl halides is 2. The van der Waals surface area contributed by atoms with Gasteiger partial charge in [-0.25, -0.2) is 4.48 Å². The van der Waals surface area contributed by atoms with Gasteiger partial charge in [-0.1, -0.05) is 12.1 Å². The van der Waals surface area contributed by atoms with Crippen LogP contribution in [0.2, 0.25) is 0 Å². The summed E-state index contributed by atoms with van der Waals surface area (Å²) in [4.78, 5) is 0. The Labute approximate surface area is 162 Å². The van der Waals surface area contributed by atoms with Crippen LogP contribution in [0.1, 0.15) is 18.1 Å². The molecule has 0 fully saturated rings. The van der Waals surface area contributed by atoms with Gasteiger partial charge in [0.1, 0.15) is 23.3 Å². The largest absolute Gasteiger partial charge is 0.485 e. The monoisotopic (exact) mass is 391 g/mol. The third-order valence-electron chi connectivity index (χ3n) is 4.70. The van der Waals surface area contributed by atoms with E-state index in [4.69, 9.17) is 27.4 Å². The fourth-order valence-electron chi connectivity index (χ4n) is 3.13. The van der Waals surface area contributed by atoms with E-state index in [2.05, 4.69) is 6.58 Å². The minimum absolute atomic E-state index is 0.0802. The summed E-state index contributed by atoms with van der Waals surface area (Å²) in [6.45, 7) is 0.870. The maximum atomic E-state index is 12.9. The first-order valence-electron chi connectivity index (χ1n) is 8.40. The molecule has 0 aromatic heterocycles. The van der Waals surface area contributed by atoms with Gasteiger partial charge in [-0.15, -0.1) is 6.58 Å². The van der Waals surface area contributed by atoms with Crippen molar-refractivity contribution in [2.75, 3.05) is 14.1 Å². The molecule has 0 amide bonds. The van der Waals surface area contributed by atoms with Crippen LogP contribution in [0.5, 0.6) is 11.5 Å². The second-order valence-electron chi connectivity index (χ2n) is 6.70. The highest BCUT2D eigenvalue weighted by atomic mass is 32.1. The summed E-state index contributed by atoms with van der Waals surface area (Å²) in [6.07, 6.45) is 2.04. The van der Waals surface area contributed by atoms with Gasteiger partial charge in [-0.3, -0.25) is 0 Å².